The number of hydrogen-bond acceptors (Lipinski definition) is 5. The van der Waals surface area contributed by atoms with Gasteiger partial charge in [0.2, 0.25) is 11.8 Å². The highest BCUT2D eigenvalue weighted by molar-refractivity contribution is 5.87. The summed E-state index contributed by atoms with van der Waals surface area (Å²) in [5.74, 6) is -0.592. The molecule has 0 saturated carbocycles. The summed E-state index contributed by atoms with van der Waals surface area (Å²) in [4.78, 5) is 40.7. The molecule has 24 heavy (non-hydrogen) atoms. The van der Waals surface area contributed by atoms with Gasteiger partial charge in [-0.2, -0.15) is 0 Å². The largest absolute Gasteiger partial charge is 0.444 e. The van der Waals surface area contributed by atoms with E-state index in [4.69, 9.17) is 10.5 Å². The zero-order valence-corrected chi connectivity index (χ0v) is 14.5. The minimum absolute atomic E-state index is 0.0761. The van der Waals surface area contributed by atoms with Gasteiger partial charge >= 0.3 is 6.09 Å². The molecule has 0 aliphatic carbocycles. The second-order valence-electron chi connectivity index (χ2n) is 7.18. The number of likely N-dealkylation sites (tertiary alicyclic amines) is 1. The maximum Gasteiger partial charge on any atom is 0.410 e. The zero-order chi connectivity index (χ0) is 18.1. The molecule has 0 aromatic carbocycles. The Morgan fingerprint density at radius 1 is 1.12 bits per heavy atom. The summed E-state index contributed by atoms with van der Waals surface area (Å²) in [7, 11) is 0. The number of carbonyl (C=O) groups is 3. The van der Waals surface area contributed by atoms with Gasteiger partial charge in [0.05, 0.1) is 0 Å². The first-order valence-electron chi connectivity index (χ1n) is 8.06. The van der Waals surface area contributed by atoms with Gasteiger partial charge in [-0.05, 0) is 26.8 Å². The van der Waals surface area contributed by atoms with Crippen LogP contribution in [0.5, 0.6) is 0 Å². The lowest BCUT2D eigenvalue weighted by atomic mass is 10.0. The van der Waals surface area contributed by atoms with Crippen LogP contribution in [0.4, 0.5) is 4.79 Å². The first-order valence-corrected chi connectivity index (χ1v) is 8.06. The standard InChI is InChI=1S/C16H26N4O4/c1-5-13(21)19-8-11(9-19)20-7-6-18(10-12(20)14(17)22)15(23)24-16(2,3)4/h5,11-12H,1,6-10H2,2-4H3,(H2,17,22). The molecule has 2 rings (SSSR count). The van der Waals surface area contributed by atoms with Crippen LogP contribution in [0.25, 0.3) is 0 Å². The highest BCUT2D eigenvalue weighted by Gasteiger charge is 2.42. The third-order valence-corrected chi connectivity index (χ3v) is 4.22. The van der Waals surface area contributed by atoms with Gasteiger partial charge in [0, 0.05) is 38.8 Å². The molecular weight excluding hydrogens is 312 g/mol. The second-order valence-corrected chi connectivity index (χ2v) is 7.18. The molecule has 2 N–H and O–H groups in total. The number of piperazine rings is 1. The number of rotatable bonds is 3. The van der Waals surface area contributed by atoms with E-state index in [1.807, 2.05) is 4.90 Å². The van der Waals surface area contributed by atoms with Crippen LogP contribution in [0.1, 0.15) is 20.8 Å². The van der Waals surface area contributed by atoms with Gasteiger partial charge < -0.3 is 20.3 Å². The molecule has 134 valence electrons. The topological polar surface area (TPSA) is 96.2 Å². The number of carbonyl (C=O) groups excluding carboxylic acids is 3. The molecule has 8 nitrogen and oxygen atoms in total. The van der Waals surface area contributed by atoms with Crippen LogP contribution in [0.2, 0.25) is 0 Å². The summed E-state index contributed by atoms with van der Waals surface area (Å²) in [5, 5.41) is 0. The number of nitrogens with zero attached hydrogens (tertiary/aromatic N) is 3. The van der Waals surface area contributed by atoms with Gasteiger partial charge in [0.1, 0.15) is 11.6 Å². The van der Waals surface area contributed by atoms with Crippen molar-refractivity contribution >= 4 is 17.9 Å². The minimum atomic E-state index is -0.587. The summed E-state index contributed by atoms with van der Waals surface area (Å²) in [6.45, 7) is 11.1. The Balaban J connectivity index is 1.97. The molecule has 2 saturated heterocycles. The third kappa shape index (κ3) is 4.05. The van der Waals surface area contributed by atoms with Crippen molar-refractivity contribution in [2.24, 2.45) is 5.73 Å². The molecule has 3 amide bonds. The summed E-state index contributed by atoms with van der Waals surface area (Å²) in [6, 6.07) is -0.496. The Morgan fingerprint density at radius 2 is 1.75 bits per heavy atom. The maximum absolute atomic E-state index is 12.2. The average Bonchev–Trinajstić information content (AvgIpc) is 2.43. The van der Waals surface area contributed by atoms with Gasteiger partial charge in [-0.15, -0.1) is 0 Å². The van der Waals surface area contributed by atoms with Crippen LogP contribution in [-0.2, 0) is 14.3 Å². The Hall–Kier alpha value is -2.09. The lowest BCUT2D eigenvalue weighted by Crippen LogP contribution is -2.69. The van der Waals surface area contributed by atoms with E-state index >= 15 is 0 Å². The number of amides is 3. The van der Waals surface area contributed by atoms with Crippen molar-refractivity contribution in [1.29, 1.82) is 0 Å². The van der Waals surface area contributed by atoms with Gasteiger partial charge in [-0.3, -0.25) is 14.5 Å². The summed E-state index contributed by atoms with van der Waals surface area (Å²) in [5.41, 5.74) is 4.94. The van der Waals surface area contributed by atoms with Crippen LogP contribution in [-0.4, -0.2) is 83.0 Å². The van der Waals surface area contributed by atoms with Crippen molar-refractivity contribution < 1.29 is 19.1 Å². The van der Waals surface area contributed by atoms with Crippen molar-refractivity contribution in [2.75, 3.05) is 32.7 Å². The Kier molecular flexibility index (Phi) is 5.17. The Labute approximate surface area is 142 Å². The van der Waals surface area contributed by atoms with E-state index in [0.29, 0.717) is 26.2 Å². The summed E-state index contributed by atoms with van der Waals surface area (Å²) >= 11 is 0. The van der Waals surface area contributed by atoms with E-state index in [2.05, 4.69) is 6.58 Å². The molecule has 0 bridgehead atoms. The number of hydrogen-bond donors (Lipinski definition) is 1. The fraction of sp³-hybridized carbons (Fsp3) is 0.688. The van der Waals surface area contributed by atoms with Gasteiger partial charge in [-0.1, -0.05) is 6.58 Å². The first kappa shape index (κ1) is 18.3. The van der Waals surface area contributed by atoms with E-state index < -0.39 is 23.6 Å². The van der Waals surface area contributed by atoms with Crippen LogP contribution >= 0.6 is 0 Å². The van der Waals surface area contributed by atoms with E-state index in [1.54, 1.807) is 25.7 Å². The molecule has 1 unspecified atom stereocenters. The highest BCUT2D eigenvalue weighted by Crippen LogP contribution is 2.22. The second kappa shape index (κ2) is 6.80. The van der Waals surface area contributed by atoms with Crippen molar-refractivity contribution in [1.82, 2.24) is 14.7 Å². The smallest absolute Gasteiger partial charge is 0.410 e. The van der Waals surface area contributed by atoms with Crippen molar-refractivity contribution in [3.8, 4) is 0 Å². The van der Waals surface area contributed by atoms with E-state index in [1.165, 1.54) is 11.0 Å². The molecular formula is C16H26N4O4. The van der Waals surface area contributed by atoms with Crippen LogP contribution in [0.15, 0.2) is 12.7 Å². The highest BCUT2D eigenvalue weighted by atomic mass is 16.6. The molecule has 0 aromatic rings. The minimum Gasteiger partial charge on any atom is -0.444 e. The number of primary amides is 1. The molecule has 2 heterocycles. The summed E-state index contributed by atoms with van der Waals surface area (Å²) < 4.78 is 5.36. The predicted molar refractivity (Wildman–Crippen MR) is 88.1 cm³/mol. The van der Waals surface area contributed by atoms with Crippen LogP contribution in [0, 0.1) is 0 Å². The maximum atomic E-state index is 12.2. The molecule has 2 aliphatic heterocycles. The van der Waals surface area contributed by atoms with E-state index in [-0.39, 0.29) is 18.5 Å². The van der Waals surface area contributed by atoms with Gasteiger partial charge in [0.25, 0.3) is 0 Å². The predicted octanol–water partition coefficient (Wildman–Crippen LogP) is -0.210. The van der Waals surface area contributed by atoms with Gasteiger partial charge in [-0.25, -0.2) is 4.79 Å². The molecule has 0 spiro atoms. The van der Waals surface area contributed by atoms with Gasteiger partial charge in [0.15, 0.2) is 0 Å². The lowest BCUT2D eigenvalue weighted by molar-refractivity contribution is -0.138. The van der Waals surface area contributed by atoms with E-state index in [9.17, 15) is 14.4 Å². The SMILES string of the molecule is C=CC(=O)N1CC(N2CCN(C(=O)OC(C)(C)C)CC2C(N)=O)C1. The third-order valence-electron chi connectivity index (χ3n) is 4.22. The zero-order valence-electron chi connectivity index (χ0n) is 14.5. The Bertz CT molecular complexity index is 537. The quantitative estimate of drug-likeness (QED) is 0.718. The van der Waals surface area contributed by atoms with Crippen molar-refractivity contribution in [3.63, 3.8) is 0 Å². The fourth-order valence-electron chi connectivity index (χ4n) is 2.95. The van der Waals surface area contributed by atoms with Crippen molar-refractivity contribution in [3.05, 3.63) is 12.7 Å². The monoisotopic (exact) mass is 338 g/mol. The molecule has 1 atom stereocenters. The molecule has 2 fully saturated rings. The molecule has 0 radical (unpaired) electrons. The van der Waals surface area contributed by atoms with Crippen molar-refractivity contribution in [2.45, 2.75) is 38.5 Å². The number of ether oxygens (including phenoxy) is 1. The molecule has 8 heteroatoms. The number of nitrogens with two attached hydrogens (primary N) is 1. The summed E-state index contributed by atoms with van der Waals surface area (Å²) in [6.07, 6.45) is 0.841. The normalized spacial score (nSPS) is 22.7. The fourth-order valence-corrected chi connectivity index (χ4v) is 2.95. The van der Waals surface area contributed by atoms with Crippen LogP contribution in [0.3, 0.4) is 0 Å². The molecule has 0 aromatic heterocycles. The Morgan fingerprint density at radius 3 is 2.25 bits per heavy atom. The first-order chi connectivity index (χ1) is 11.1. The molecule has 2 aliphatic rings. The van der Waals surface area contributed by atoms with E-state index in [0.717, 1.165) is 0 Å². The van der Waals surface area contributed by atoms with Crippen LogP contribution < -0.4 is 5.73 Å². The average molecular weight is 338 g/mol. The lowest BCUT2D eigenvalue weighted by Gasteiger charge is -2.50.